The molecule has 1 aliphatic heterocycles. The van der Waals surface area contributed by atoms with Crippen molar-refractivity contribution in [3.05, 3.63) is 18.0 Å². The number of rotatable bonds is 6. The summed E-state index contributed by atoms with van der Waals surface area (Å²) in [6, 6.07) is 1.47. The molecule has 0 saturated carbocycles. The van der Waals surface area contributed by atoms with Gasteiger partial charge < -0.3 is 25.1 Å². The maximum atomic E-state index is 12.0. The highest BCUT2D eigenvalue weighted by atomic mass is 16.5. The SMILES string of the molecule is O=CCNC(=O)CNC(=O)c1ccnc(N2CCOCC2)n1. The fraction of sp³-hybridized carbons (Fsp3) is 0.462. The lowest BCUT2D eigenvalue weighted by molar-refractivity contribution is -0.121. The summed E-state index contributed by atoms with van der Waals surface area (Å²) in [5.41, 5.74) is 0.180. The van der Waals surface area contributed by atoms with Crippen molar-refractivity contribution in [1.82, 2.24) is 20.6 Å². The first kappa shape index (κ1) is 15.8. The van der Waals surface area contributed by atoms with Gasteiger partial charge in [0.1, 0.15) is 12.0 Å². The first-order valence-electron chi connectivity index (χ1n) is 6.85. The van der Waals surface area contributed by atoms with Crippen LogP contribution in [0.3, 0.4) is 0 Å². The van der Waals surface area contributed by atoms with Crippen LogP contribution in [0.2, 0.25) is 0 Å². The van der Waals surface area contributed by atoms with Crippen LogP contribution in [0.4, 0.5) is 5.95 Å². The monoisotopic (exact) mass is 307 g/mol. The van der Waals surface area contributed by atoms with Gasteiger partial charge >= 0.3 is 0 Å². The summed E-state index contributed by atoms with van der Waals surface area (Å²) < 4.78 is 5.25. The van der Waals surface area contributed by atoms with E-state index in [4.69, 9.17) is 4.74 Å². The molecule has 22 heavy (non-hydrogen) atoms. The van der Waals surface area contributed by atoms with Crippen LogP contribution in [-0.4, -0.2) is 67.5 Å². The Morgan fingerprint density at radius 2 is 2.09 bits per heavy atom. The number of carbonyl (C=O) groups excluding carboxylic acids is 3. The number of carbonyl (C=O) groups is 3. The van der Waals surface area contributed by atoms with Crippen LogP contribution in [0, 0.1) is 0 Å². The van der Waals surface area contributed by atoms with Gasteiger partial charge in [0.15, 0.2) is 0 Å². The molecule has 1 aromatic heterocycles. The number of hydrogen-bond acceptors (Lipinski definition) is 7. The first-order valence-corrected chi connectivity index (χ1v) is 6.85. The first-order chi connectivity index (χ1) is 10.7. The average molecular weight is 307 g/mol. The Labute approximate surface area is 127 Å². The largest absolute Gasteiger partial charge is 0.378 e. The van der Waals surface area contributed by atoms with Crippen LogP contribution >= 0.6 is 0 Å². The molecule has 9 nitrogen and oxygen atoms in total. The number of ether oxygens (including phenoxy) is 1. The number of nitrogens with one attached hydrogen (secondary N) is 2. The number of amides is 2. The lowest BCUT2D eigenvalue weighted by Gasteiger charge is -2.26. The van der Waals surface area contributed by atoms with Gasteiger partial charge in [0.2, 0.25) is 11.9 Å². The number of aromatic nitrogens is 2. The van der Waals surface area contributed by atoms with E-state index in [0.29, 0.717) is 38.5 Å². The van der Waals surface area contributed by atoms with Crippen molar-refractivity contribution in [2.45, 2.75) is 0 Å². The molecule has 0 atom stereocenters. The second kappa shape index (κ2) is 8.03. The fourth-order valence-electron chi connectivity index (χ4n) is 1.86. The van der Waals surface area contributed by atoms with Crippen molar-refractivity contribution in [3.63, 3.8) is 0 Å². The summed E-state index contributed by atoms with van der Waals surface area (Å²) in [6.07, 6.45) is 2.07. The van der Waals surface area contributed by atoms with E-state index in [1.807, 2.05) is 4.90 Å². The summed E-state index contributed by atoms with van der Waals surface area (Å²) in [7, 11) is 0. The maximum Gasteiger partial charge on any atom is 0.270 e. The Balaban J connectivity index is 1.92. The van der Waals surface area contributed by atoms with Crippen LogP contribution in [0.15, 0.2) is 12.3 Å². The molecular formula is C13H17N5O4. The summed E-state index contributed by atoms with van der Waals surface area (Å²) in [4.78, 5) is 43.7. The van der Waals surface area contributed by atoms with Gasteiger partial charge in [-0.05, 0) is 6.07 Å². The van der Waals surface area contributed by atoms with E-state index in [-0.39, 0.29) is 18.8 Å². The summed E-state index contributed by atoms with van der Waals surface area (Å²) in [5.74, 6) is -0.456. The normalized spacial score (nSPS) is 14.3. The van der Waals surface area contributed by atoms with Crippen molar-refractivity contribution >= 4 is 24.0 Å². The Bertz CT molecular complexity index is 545. The number of nitrogens with zero attached hydrogens (tertiary/aromatic N) is 3. The lowest BCUT2D eigenvalue weighted by atomic mass is 10.3. The number of morpholine rings is 1. The smallest absolute Gasteiger partial charge is 0.270 e. The van der Waals surface area contributed by atoms with Gasteiger partial charge in [-0.1, -0.05) is 0 Å². The van der Waals surface area contributed by atoms with Gasteiger partial charge in [-0.3, -0.25) is 9.59 Å². The molecule has 0 radical (unpaired) electrons. The molecule has 2 N–H and O–H groups in total. The summed E-state index contributed by atoms with van der Waals surface area (Å²) in [5, 5.41) is 4.76. The van der Waals surface area contributed by atoms with Gasteiger partial charge in [0.25, 0.3) is 5.91 Å². The molecule has 9 heteroatoms. The Morgan fingerprint density at radius 3 is 2.82 bits per heavy atom. The minimum Gasteiger partial charge on any atom is -0.378 e. The Morgan fingerprint density at radius 1 is 1.32 bits per heavy atom. The molecule has 0 unspecified atom stereocenters. The minimum atomic E-state index is -0.474. The number of aldehydes is 1. The van der Waals surface area contributed by atoms with Crippen molar-refractivity contribution in [1.29, 1.82) is 0 Å². The van der Waals surface area contributed by atoms with Crippen molar-refractivity contribution in [3.8, 4) is 0 Å². The summed E-state index contributed by atoms with van der Waals surface area (Å²) in [6.45, 7) is 2.22. The predicted molar refractivity (Wildman–Crippen MR) is 76.5 cm³/mol. The van der Waals surface area contributed by atoms with Gasteiger partial charge in [-0.25, -0.2) is 9.97 Å². The zero-order valence-electron chi connectivity index (χ0n) is 11.9. The van der Waals surface area contributed by atoms with E-state index in [9.17, 15) is 14.4 Å². The predicted octanol–water partition coefficient (Wildman–Crippen LogP) is -1.64. The standard InChI is InChI=1S/C13H17N5O4/c19-6-3-14-11(20)9-16-12(21)10-1-2-15-13(17-10)18-4-7-22-8-5-18/h1-2,6H,3-5,7-9H2,(H,14,20)(H,16,21). The molecular weight excluding hydrogens is 290 g/mol. The quantitative estimate of drug-likeness (QED) is 0.606. The molecule has 1 aromatic rings. The van der Waals surface area contributed by atoms with E-state index in [1.54, 1.807) is 0 Å². The van der Waals surface area contributed by atoms with Crippen LogP contribution in [0.5, 0.6) is 0 Å². The topological polar surface area (TPSA) is 114 Å². The van der Waals surface area contributed by atoms with Crippen LogP contribution in [-0.2, 0) is 14.3 Å². The molecule has 118 valence electrons. The van der Waals surface area contributed by atoms with Gasteiger partial charge in [0, 0.05) is 19.3 Å². The second-order valence-corrected chi connectivity index (χ2v) is 4.49. The van der Waals surface area contributed by atoms with E-state index >= 15 is 0 Å². The second-order valence-electron chi connectivity index (χ2n) is 4.49. The van der Waals surface area contributed by atoms with E-state index in [1.165, 1.54) is 12.3 Å². The minimum absolute atomic E-state index is 0.0800. The highest BCUT2D eigenvalue weighted by molar-refractivity contribution is 5.95. The highest BCUT2D eigenvalue weighted by Crippen LogP contribution is 2.09. The van der Waals surface area contributed by atoms with Gasteiger partial charge in [-0.15, -0.1) is 0 Å². The van der Waals surface area contributed by atoms with Crippen molar-refractivity contribution < 1.29 is 19.1 Å². The zero-order chi connectivity index (χ0) is 15.8. The van der Waals surface area contributed by atoms with Crippen LogP contribution in [0.1, 0.15) is 10.5 Å². The molecule has 1 aliphatic rings. The third kappa shape index (κ3) is 4.48. The molecule has 0 aromatic carbocycles. The highest BCUT2D eigenvalue weighted by Gasteiger charge is 2.16. The van der Waals surface area contributed by atoms with Gasteiger partial charge in [0.05, 0.1) is 26.3 Å². The van der Waals surface area contributed by atoms with E-state index in [2.05, 4.69) is 20.6 Å². The molecule has 2 rings (SSSR count). The fourth-order valence-corrected chi connectivity index (χ4v) is 1.86. The number of hydrogen-bond donors (Lipinski definition) is 2. The van der Waals surface area contributed by atoms with E-state index < -0.39 is 11.8 Å². The molecule has 0 spiro atoms. The molecule has 1 fully saturated rings. The number of anilines is 1. The zero-order valence-corrected chi connectivity index (χ0v) is 11.9. The lowest BCUT2D eigenvalue weighted by Crippen LogP contribution is -2.39. The molecule has 0 aliphatic carbocycles. The third-order valence-electron chi connectivity index (χ3n) is 2.96. The van der Waals surface area contributed by atoms with Gasteiger partial charge in [-0.2, -0.15) is 0 Å². The van der Waals surface area contributed by atoms with Crippen LogP contribution in [0.25, 0.3) is 0 Å². The Kier molecular flexibility index (Phi) is 5.78. The molecule has 0 bridgehead atoms. The average Bonchev–Trinajstić information content (AvgIpc) is 2.58. The Hall–Kier alpha value is -2.55. The van der Waals surface area contributed by atoms with E-state index in [0.717, 1.165) is 0 Å². The molecule has 2 heterocycles. The van der Waals surface area contributed by atoms with Crippen molar-refractivity contribution in [2.75, 3.05) is 44.3 Å². The van der Waals surface area contributed by atoms with Crippen LogP contribution < -0.4 is 15.5 Å². The molecule has 2 amide bonds. The maximum absolute atomic E-state index is 12.0. The molecule has 1 saturated heterocycles. The third-order valence-corrected chi connectivity index (χ3v) is 2.96. The van der Waals surface area contributed by atoms with Crippen molar-refractivity contribution in [2.24, 2.45) is 0 Å². The summed E-state index contributed by atoms with van der Waals surface area (Å²) >= 11 is 0.